The number of thioether (sulfide) groups is 1. The highest BCUT2D eigenvalue weighted by molar-refractivity contribution is 8.00. The van der Waals surface area contributed by atoms with Crippen LogP contribution in [0.25, 0.3) is 10.9 Å². The Kier molecular flexibility index (Phi) is 3.00. The molecule has 2 aliphatic heterocycles. The van der Waals surface area contributed by atoms with Crippen LogP contribution in [0.4, 0.5) is 0 Å². The van der Waals surface area contributed by atoms with Crippen LogP contribution in [0, 0.1) is 0 Å². The Balaban J connectivity index is 1.73. The number of aromatic nitrogens is 1. The maximum atomic E-state index is 11.2. The van der Waals surface area contributed by atoms with Gasteiger partial charge in [0.25, 0.3) is 0 Å². The Bertz CT molecular complexity index is 630. The van der Waals surface area contributed by atoms with Crippen molar-refractivity contribution in [3.05, 3.63) is 42.1 Å². The number of aliphatic hydroxyl groups is 1. The van der Waals surface area contributed by atoms with E-state index in [0.717, 1.165) is 29.3 Å². The lowest BCUT2D eigenvalue weighted by Crippen LogP contribution is -2.40. The molecule has 0 aliphatic carbocycles. The monoisotopic (exact) mass is 285 g/mol. The number of fused-ring (bicyclic) bond motifs is 3. The summed E-state index contributed by atoms with van der Waals surface area (Å²) in [6.45, 7) is 0. The van der Waals surface area contributed by atoms with Gasteiger partial charge in [-0.15, -0.1) is 0 Å². The van der Waals surface area contributed by atoms with E-state index in [4.69, 9.17) is 0 Å². The Morgan fingerprint density at radius 3 is 2.75 bits per heavy atom. The third-order valence-corrected chi connectivity index (χ3v) is 6.28. The van der Waals surface area contributed by atoms with E-state index in [2.05, 4.69) is 34.9 Å². The molecule has 0 spiro atoms. The van der Waals surface area contributed by atoms with Gasteiger partial charge in [0.15, 0.2) is 0 Å². The lowest BCUT2D eigenvalue weighted by molar-refractivity contribution is 0.00825. The van der Waals surface area contributed by atoms with Gasteiger partial charge in [-0.3, -0.25) is 4.98 Å². The molecule has 3 heterocycles. The predicted molar refractivity (Wildman–Crippen MR) is 83.9 cm³/mol. The van der Waals surface area contributed by atoms with E-state index >= 15 is 0 Å². The Morgan fingerprint density at radius 1 is 1.15 bits per heavy atom. The van der Waals surface area contributed by atoms with Crippen molar-refractivity contribution in [1.82, 2.24) is 4.98 Å². The van der Waals surface area contributed by atoms with Crippen LogP contribution in [0.5, 0.6) is 0 Å². The Labute approximate surface area is 123 Å². The minimum atomic E-state index is -0.634. The molecule has 3 heteroatoms. The van der Waals surface area contributed by atoms with Crippen LogP contribution in [0.2, 0.25) is 0 Å². The summed E-state index contributed by atoms with van der Waals surface area (Å²) in [5, 5.41) is 13.6. The van der Waals surface area contributed by atoms with E-state index in [-0.39, 0.29) is 0 Å². The second-order valence-electron chi connectivity index (χ2n) is 6.16. The summed E-state index contributed by atoms with van der Waals surface area (Å²) in [5.41, 5.74) is 1.45. The first-order valence-electron chi connectivity index (χ1n) is 7.46. The number of benzene rings is 1. The van der Waals surface area contributed by atoms with E-state index in [1.54, 1.807) is 0 Å². The summed E-state index contributed by atoms with van der Waals surface area (Å²) in [6.07, 6.45) is 7.48. The van der Waals surface area contributed by atoms with Crippen molar-refractivity contribution in [1.29, 1.82) is 0 Å². The van der Waals surface area contributed by atoms with Crippen molar-refractivity contribution in [2.24, 2.45) is 0 Å². The van der Waals surface area contributed by atoms with Gasteiger partial charge in [0.1, 0.15) is 0 Å². The number of pyridine rings is 1. The van der Waals surface area contributed by atoms with Crippen LogP contribution in [-0.4, -0.2) is 20.6 Å². The number of hydrogen-bond acceptors (Lipinski definition) is 3. The topological polar surface area (TPSA) is 33.1 Å². The fourth-order valence-corrected chi connectivity index (χ4v) is 5.61. The molecule has 104 valence electrons. The minimum absolute atomic E-state index is 0.634. The maximum absolute atomic E-state index is 11.2. The second kappa shape index (κ2) is 4.74. The zero-order chi connectivity index (χ0) is 13.6. The number of hydrogen-bond donors (Lipinski definition) is 1. The average molecular weight is 285 g/mol. The summed E-state index contributed by atoms with van der Waals surface area (Å²) < 4.78 is 0. The predicted octanol–water partition coefficient (Wildman–Crippen LogP) is 3.87. The van der Waals surface area contributed by atoms with E-state index < -0.39 is 5.60 Å². The average Bonchev–Trinajstić information content (AvgIpc) is 2.46. The molecule has 2 fully saturated rings. The first kappa shape index (κ1) is 12.7. The SMILES string of the molecule is OC1(c2ccc3ncccc3c2)CC2CCCC(C1)S2. The molecule has 4 rings (SSSR count). The molecule has 1 aromatic heterocycles. The standard InChI is InChI=1S/C17H19NOS/c19-17(10-14-4-1-5-15(11-17)20-14)13-6-7-16-12(9-13)3-2-8-18-16/h2-3,6-9,14-15,19H,1,4-5,10-11H2. The van der Waals surface area contributed by atoms with Gasteiger partial charge < -0.3 is 5.11 Å². The van der Waals surface area contributed by atoms with Crippen molar-refractivity contribution >= 4 is 22.7 Å². The van der Waals surface area contributed by atoms with Crippen LogP contribution >= 0.6 is 11.8 Å². The van der Waals surface area contributed by atoms with Crippen LogP contribution < -0.4 is 0 Å². The van der Waals surface area contributed by atoms with Gasteiger partial charge in [0, 0.05) is 22.1 Å². The van der Waals surface area contributed by atoms with Gasteiger partial charge in [-0.05, 0) is 49.4 Å². The summed E-state index contributed by atoms with van der Waals surface area (Å²) in [4.78, 5) is 4.36. The van der Waals surface area contributed by atoms with Crippen LogP contribution in [0.3, 0.4) is 0 Å². The zero-order valence-electron chi connectivity index (χ0n) is 11.5. The smallest absolute Gasteiger partial charge is 0.0917 e. The normalized spacial score (nSPS) is 33.2. The third-order valence-electron chi connectivity index (χ3n) is 4.71. The van der Waals surface area contributed by atoms with Crippen molar-refractivity contribution in [3.8, 4) is 0 Å². The van der Waals surface area contributed by atoms with Crippen LogP contribution in [0.1, 0.15) is 37.7 Å². The fourth-order valence-electron chi connectivity index (χ4n) is 3.72. The van der Waals surface area contributed by atoms with Gasteiger partial charge >= 0.3 is 0 Å². The van der Waals surface area contributed by atoms with Crippen molar-refractivity contribution in [2.45, 2.75) is 48.2 Å². The molecular formula is C17H19NOS. The molecule has 0 saturated carbocycles. The number of rotatable bonds is 1. The summed E-state index contributed by atoms with van der Waals surface area (Å²) >= 11 is 2.10. The lowest BCUT2D eigenvalue weighted by atomic mass is 9.80. The quantitative estimate of drug-likeness (QED) is 0.863. The van der Waals surface area contributed by atoms with Crippen LogP contribution in [-0.2, 0) is 5.60 Å². The molecule has 2 saturated heterocycles. The highest BCUT2D eigenvalue weighted by atomic mass is 32.2. The molecule has 2 bridgehead atoms. The zero-order valence-corrected chi connectivity index (χ0v) is 12.3. The molecular weight excluding hydrogens is 266 g/mol. The highest BCUT2D eigenvalue weighted by Gasteiger charge is 2.42. The van der Waals surface area contributed by atoms with Gasteiger partial charge in [-0.1, -0.05) is 18.6 Å². The van der Waals surface area contributed by atoms with Crippen LogP contribution in [0.15, 0.2) is 36.5 Å². The summed E-state index contributed by atoms with van der Waals surface area (Å²) in [5.74, 6) is 0. The van der Waals surface area contributed by atoms with E-state index in [0.29, 0.717) is 10.5 Å². The summed E-state index contributed by atoms with van der Waals surface area (Å²) in [6, 6.07) is 10.3. The van der Waals surface area contributed by atoms with Gasteiger partial charge in [-0.2, -0.15) is 11.8 Å². The molecule has 2 aromatic rings. The van der Waals surface area contributed by atoms with Crippen molar-refractivity contribution in [2.75, 3.05) is 0 Å². The van der Waals surface area contributed by atoms with Gasteiger partial charge in [0.2, 0.25) is 0 Å². The minimum Gasteiger partial charge on any atom is -0.385 e. The molecule has 1 aromatic carbocycles. The van der Waals surface area contributed by atoms with Crippen molar-refractivity contribution in [3.63, 3.8) is 0 Å². The van der Waals surface area contributed by atoms with E-state index in [1.807, 2.05) is 18.3 Å². The molecule has 20 heavy (non-hydrogen) atoms. The lowest BCUT2D eigenvalue weighted by Gasteiger charge is -2.44. The highest BCUT2D eigenvalue weighted by Crippen LogP contribution is 2.49. The maximum Gasteiger partial charge on any atom is 0.0917 e. The summed E-state index contributed by atoms with van der Waals surface area (Å²) in [7, 11) is 0. The Hall–Kier alpha value is -1.06. The first-order chi connectivity index (χ1) is 9.73. The van der Waals surface area contributed by atoms with Gasteiger partial charge in [-0.25, -0.2) is 0 Å². The largest absolute Gasteiger partial charge is 0.385 e. The molecule has 2 unspecified atom stereocenters. The molecule has 0 radical (unpaired) electrons. The molecule has 0 amide bonds. The van der Waals surface area contributed by atoms with Crippen molar-refractivity contribution < 1.29 is 5.11 Å². The van der Waals surface area contributed by atoms with E-state index in [1.165, 1.54) is 19.3 Å². The molecule has 1 N–H and O–H groups in total. The van der Waals surface area contributed by atoms with Gasteiger partial charge in [0.05, 0.1) is 11.1 Å². The molecule has 2 aliphatic rings. The third kappa shape index (κ3) is 2.13. The fraction of sp³-hybridized carbons (Fsp3) is 0.471. The molecule has 2 atom stereocenters. The number of nitrogens with zero attached hydrogens (tertiary/aromatic N) is 1. The Morgan fingerprint density at radius 2 is 1.95 bits per heavy atom. The second-order valence-corrected chi connectivity index (χ2v) is 7.77. The molecule has 2 nitrogen and oxygen atoms in total. The van der Waals surface area contributed by atoms with E-state index in [9.17, 15) is 5.11 Å². The first-order valence-corrected chi connectivity index (χ1v) is 8.40.